The molecule has 0 saturated heterocycles. The van der Waals surface area contributed by atoms with Crippen molar-refractivity contribution in [3.05, 3.63) is 94.2 Å². The lowest BCUT2D eigenvalue weighted by Crippen LogP contribution is -2.27. The van der Waals surface area contributed by atoms with E-state index in [1.807, 2.05) is 13.8 Å². The molecule has 1 heterocycles. The van der Waals surface area contributed by atoms with Gasteiger partial charge < -0.3 is 14.4 Å². The molecule has 1 aromatic heterocycles. The van der Waals surface area contributed by atoms with E-state index in [0.717, 1.165) is 21.7 Å². The maximum Gasteiger partial charge on any atom is 0.309 e. The van der Waals surface area contributed by atoms with E-state index in [0.29, 0.717) is 25.5 Å². The molecule has 0 bridgehead atoms. The normalized spacial score (nSPS) is 12.0. The largest absolute Gasteiger partial charge is 0.481 e. The molecule has 0 fully saturated rings. The molecule has 1 N–H and O–H groups in total. The van der Waals surface area contributed by atoms with Crippen molar-refractivity contribution in [3.8, 4) is 0 Å². The van der Waals surface area contributed by atoms with Gasteiger partial charge in [0.25, 0.3) is 0 Å². The van der Waals surface area contributed by atoms with Crippen LogP contribution in [-0.2, 0) is 29.1 Å². The van der Waals surface area contributed by atoms with Crippen LogP contribution in [0.3, 0.4) is 0 Å². The van der Waals surface area contributed by atoms with Gasteiger partial charge in [-0.25, -0.2) is 0 Å². The van der Waals surface area contributed by atoms with Crippen LogP contribution in [0, 0.1) is 19.3 Å². The predicted molar refractivity (Wildman–Crippen MR) is 157 cm³/mol. The smallest absolute Gasteiger partial charge is 0.309 e. The summed E-state index contributed by atoms with van der Waals surface area (Å²) in [6, 6.07) is 21.8. The van der Waals surface area contributed by atoms with Crippen LogP contribution in [0.1, 0.15) is 67.1 Å². The number of hydrogen-bond donors (Lipinski definition) is 1. The number of carboxylic acid groups (broad SMARTS) is 1. The van der Waals surface area contributed by atoms with Gasteiger partial charge >= 0.3 is 5.97 Å². The number of aliphatic carboxylic acids is 1. The number of benzene rings is 3. The number of nitrogens with zero attached hydrogens (tertiary/aromatic N) is 1. The average molecular weight is 530 g/mol. The van der Waals surface area contributed by atoms with Gasteiger partial charge in [0.15, 0.2) is 0 Å². The van der Waals surface area contributed by atoms with Crippen LogP contribution >= 0.6 is 11.8 Å². The van der Waals surface area contributed by atoms with Crippen LogP contribution in [0.5, 0.6) is 0 Å². The zero-order valence-corrected chi connectivity index (χ0v) is 24.4. The number of aromatic nitrogens is 1. The van der Waals surface area contributed by atoms with Gasteiger partial charge in [0, 0.05) is 46.5 Å². The highest BCUT2D eigenvalue weighted by molar-refractivity contribution is 7.99. The van der Waals surface area contributed by atoms with E-state index in [1.165, 1.54) is 32.5 Å². The molecule has 0 spiro atoms. The minimum absolute atomic E-state index is 0.397. The fourth-order valence-corrected chi connectivity index (χ4v) is 6.00. The van der Waals surface area contributed by atoms with Gasteiger partial charge in [0.1, 0.15) is 0 Å². The molecular formula is C33H39NO3S. The van der Waals surface area contributed by atoms with Gasteiger partial charge in [-0.2, -0.15) is 0 Å². The Labute approximate surface area is 231 Å². The molecule has 0 atom stereocenters. The van der Waals surface area contributed by atoms with Crippen molar-refractivity contribution < 1.29 is 14.6 Å². The fraction of sp³-hybridized carbons (Fsp3) is 0.364. The van der Waals surface area contributed by atoms with Crippen molar-refractivity contribution in [1.29, 1.82) is 0 Å². The molecule has 5 heteroatoms. The zero-order chi connectivity index (χ0) is 27.6. The quantitative estimate of drug-likeness (QED) is 0.224. The van der Waals surface area contributed by atoms with Gasteiger partial charge in [-0.15, -0.1) is 0 Å². The molecule has 0 radical (unpaired) electrons. The van der Waals surface area contributed by atoms with Crippen LogP contribution in [0.4, 0.5) is 0 Å². The highest BCUT2D eigenvalue weighted by atomic mass is 32.2. The second-order valence-electron chi connectivity index (χ2n) is 11.3. The van der Waals surface area contributed by atoms with Gasteiger partial charge in [-0.3, -0.25) is 4.79 Å². The molecule has 4 aromatic rings. The van der Waals surface area contributed by atoms with Crippen LogP contribution in [0.25, 0.3) is 10.9 Å². The summed E-state index contributed by atoms with van der Waals surface area (Å²) >= 11 is 1.77. The van der Waals surface area contributed by atoms with E-state index >= 15 is 0 Å². The SMILES string of the molecule is COCc1ccc(Cn2c(CC(C)(C)C(=O)O)c(Sc3cc(C)ccc3C)c3cc(C(C)C)ccc32)cc1. The monoisotopic (exact) mass is 529 g/mol. The first-order valence-corrected chi connectivity index (χ1v) is 14.0. The van der Waals surface area contributed by atoms with E-state index in [2.05, 4.69) is 92.9 Å². The lowest BCUT2D eigenvalue weighted by Gasteiger charge is -2.22. The summed E-state index contributed by atoms with van der Waals surface area (Å²) in [6.45, 7) is 13.6. The Balaban J connectivity index is 1.95. The molecule has 4 rings (SSSR count). The van der Waals surface area contributed by atoms with Crippen LogP contribution in [0.2, 0.25) is 0 Å². The number of aryl methyl sites for hydroxylation is 2. The van der Waals surface area contributed by atoms with Crippen molar-refractivity contribution in [2.45, 2.75) is 76.8 Å². The van der Waals surface area contributed by atoms with Crippen molar-refractivity contribution in [2.24, 2.45) is 5.41 Å². The summed E-state index contributed by atoms with van der Waals surface area (Å²) in [5.41, 5.74) is 7.32. The predicted octanol–water partition coefficient (Wildman–Crippen LogP) is 8.38. The van der Waals surface area contributed by atoms with E-state index in [9.17, 15) is 9.90 Å². The van der Waals surface area contributed by atoms with Crippen LogP contribution < -0.4 is 0 Å². The topological polar surface area (TPSA) is 51.5 Å². The Morgan fingerprint density at radius 1 is 1.00 bits per heavy atom. The van der Waals surface area contributed by atoms with E-state index < -0.39 is 11.4 Å². The Bertz CT molecular complexity index is 1450. The fourth-order valence-electron chi connectivity index (χ4n) is 4.74. The van der Waals surface area contributed by atoms with E-state index in [4.69, 9.17) is 4.74 Å². The van der Waals surface area contributed by atoms with Gasteiger partial charge in [0.05, 0.1) is 12.0 Å². The lowest BCUT2D eigenvalue weighted by atomic mass is 9.88. The van der Waals surface area contributed by atoms with Gasteiger partial charge in [-0.1, -0.05) is 68.1 Å². The molecule has 4 nitrogen and oxygen atoms in total. The van der Waals surface area contributed by atoms with Crippen LogP contribution in [-0.4, -0.2) is 22.8 Å². The molecule has 0 saturated carbocycles. The summed E-state index contributed by atoms with van der Waals surface area (Å²) in [5, 5.41) is 11.3. The van der Waals surface area contributed by atoms with Gasteiger partial charge in [-0.05, 0) is 79.6 Å². The summed E-state index contributed by atoms with van der Waals surface area (Å²) in [4.78, 5) is 14.7. The molecule has 3 aromatic carbocycles. The summed E-state index contributed by atoms with van der Waals surface area (Å²) in [6.07, 6.45) is 0.434. The summed E-state index contributed by atoms with van der Waals surface area (Å²) in [7, 11) is 1.71. The Morgan fingerprint density at radius 2 is 1.68 bits per heavy atom. The Hall–Kier alpha value is -3.02. The highest BCUT2D eigenvalue weighted by Crippen LogP contribution is 2.43. The number of ether oxygens (including phenoxy) is 1. The highest BCUT2D eigenvalue weighted by Gasteiger charge is 2.32. The molecule has 200 valence electrons. The second kappa shape index (κ2) is 11.4. The zero-order valence-electron chi connectivity index (χ0n) is 23.6. The lowest BCUT2D eigenvalue weighted by molar-refractivity contribution is -0.146. The Morgan fingerprint density at radius 3 is 2.32 bits per heavy atom. The van der Waals surface area contributed by atoms with Crippen molar-refractivity contribution in [3.63, 3.8) is 0 Å². The number of fused-ring (bicyclic) bond motifs is 1. The summed E-state index contributed by atoms with van der Waals surface area (Å²) < 4.78 is 7.62. The van der Waals surface area contributed by atoms with Crippen molar-refractivity contribution >= 4 is 28.6 Å². The standard InChI is InChI=1S/C33H39NO3S/c1-21(2)26-14-15-28-27(17-26)31(38-30-16-22(3)8-9-23(30)4)29(18-33(5,6)32(35)36)34(28)19-24-10-12-25(13-11-24)20-37-7/h8-17,21H,18-20H2,1-7H3,(H,35,36). The third-order valence-corrected chi connectivity index (χ3v) is 8.55. The molecule has 0 aliphatic heterocycles. The molecular weight excluding hydrogens is 490 g/mol. The molecule has 0 aliphatic carbocycles. The number of carboxylic acids is 1. The first-order chi connectivity index (χ1) is 18.0. The first kappa shape index (κ1) is 28.0. The maximum atomic E-state index is 12.3. The first-order valence-electron chi connectivity index (χ1n) is 13.2. The molecule has 0 aliphatic rings. The minimum atomic E-state index is -0.910. The molecule has 38 heavy (non-hydrogen) atoms. The molecule has 0 unspecified atom stereocenters. The van der Waals surface area contributed by atoms with E-state index in [-0.39, 0.29) is 0 Å². The van der Waals surface area contributed by atoms with Crippen molar-refractivity contribution in [1.82, 2.24) is 4.57 Å². The van der Waals surface area contributed by atoms with Crippen LogP contribution in [0.15, 0.2) is 70.5 Å². The minimum Gasteiger partial charge on any atom is -0.481 e. The number of hydrogen-bond acceptors (Lipinski definition) is 3. The maximum absolute atomic E-state index is 12.3. The van der Waals surface area contributed by atoms with Gasteiger partial charge in [0.2, 0.25) is 0 Å². The Kier molecular flexibility index (Phi) is 8.39. The number of methoxy groups -OCH3 is 1. The number of rotatable bonds is 10. The second-order valence-corrected chi connectivity index (χ2v) is 12.3. The third-order valence-electron chi connectivity index (χ3n) is 7.23. The van der Waals surface area contributed by atoms with E-state index in [1.54, 1.807) is 18.9 Å². The third kappa shape index (κ3) is 6.00. The number of carbonyl (C=O) groups is 1. The molecule has 0 amide bonds. The summed E-state index contributed by atoms with van der Waals surface area (Å²) in [5.74, 6) is -0.391. The average Bonchev–Trinajstić information content (AvgIpc) is 3.13. The van der Waals surface area contributed by atoms with Crippen molar-refractivity contribution in [2.75, 3.05) is 7.11 Å².